The zero-order chi connectivity index (χ0) is 9.07. The molecule has 0 aliphatic carbocycles. The van der Waals surface area contributed by atoms with Gasteiger partial charge < -0.3 is 9.84 Å². The van der Waals surface area contributed by atoms with Crippen molar-refractivity contribution in [2.24, 2.45) is 0 Å². The Hall–Kier alpha value is -1.20. The summed E-state index contributed by atoms with van der Waals surface area (Å²) < 4.78 is 27.6. The first-order chi connectivity index (χ1) is 4.83. The van der Waals surface area contributed by atoms with Crippen LogP contribution in [-0.2, 0) is 14.3 Å². The summed E-state index contributed by atoms with van der Waals surface area (Å²) in [5, 5.41) is 7.89. The molecule has 0 aliphatic heterocycles. The van der Waals surface area contributed by atoms with Gasteiger partial charge in [-0.25, -0.2) is 0 Å². The Bertz CT molecular complexity index is 159. The Morgan fingerprint density at radius 1 is 1.55 bits per heavy atom. The Morgan fingerprint density at radius 2 is 2.00 bits per heavy atom. The standard InChI is InChI=1S/C5H6F2O4/c1-3(8)11-5(6,7)2-4(9)10/h2H2,1H3,(H,9,10). The molecule has 0 aromatic rings. The molecule has 0 aromatic heterocycles. The quantitative estimate of drug-likeness (QED) is 0.627. The zero-order valence-corrected chi connectivity index (χ0v) is 5.63. The first-order valence-electron chi connectivity index (χ1n) is 2.63. The van der Waals surface area contributed by atoms with E-state index in [2.05, 4.69) is 4.74 Å². The summed E-state index contributed by atoms with van der Waals surface area (Å²) in [7, 11) is 0. The molecule has 0 saturated carbocycles. The van der Waals surface area contributed by atoms with Crippen molar-refractivity contribution in [3.05, 3.63) is 0 Å². The molecule has 0 fully saturated rings. The van der Waals surface area contributed by atoms with Crippen LogP contribution in [0.4, 0.5) is 8.78 Å². The number of carbonyl (C=O) groups is 2. The molecule has 0 atom stereocenters. The molecular formula is C5H6F2O4. The lowest BCUT2D eigenvalue weighted by Gasteiger charge is -2.12. The van der Waals surface area contributed by atoms with Crippen LogP contribution < -0.4 is 0 Å². The monoisotopic (exact) mass is 168 g/mol. The Morgan fingerprint density at radius 3 is 2.27 bits per heavy atom. The SMILES string of the molecule is CC(=O)OC(F)(F)CC(=O)O. The molecule has 0 bridgehead atoms. The summed E-state index contributed by atoms with van der Waals surface area (Å²) in [4.78, 5) is 19.7. The molecule has 0 unspecified atom stereocenters. The lowest BCUT2D eigenvalue weighted by Crippen LogP contribution is -2.26. The minimum Gasteiger partial charge on any atom is -0.481 e. The molecule has 0 amide bonds. The smallest absolute Gasteiger partial charge is 0.410 e. The van der Waals surface area contributed by atoms with Crippen molar-refractivity contribution in [1.82, 2.24) is 0 Å². The second-order valence-corrected chi connectivity index (χ2v) is 1.80. The maximum atomic E-state index is 12.1. The third-order valence-corrected chi connectivity index (χ3v) is 0.650. The number of carbonyl (C=O) groups excluding carboxylic acids is 1. The van der Waals surface area contributed by atoms with E-state index >= 15 is 0 Å². The van der Waals surface area contributed by atoms with E-state index in [0.717, 1.165) is 6.92 Å². The number of rotatable bonds is 3. The van der Waals surface area contributed by atoms with Crippen molar-refractivity contribution < 1.29 is 28.2 Å². The maximum Gasteiger partial charge on any atom is 0.410 e. The van der Waals surface area contributed by atoms with Gasteiger partial charge in [0.15, 0.2) is 0 Å². The van der Waals surface area contributed by atoms with Crippen molar-refractivity contribution in [2.75, 3.05) is 0 Å². The Labute approximate surface area is 60.8 Å². The highest BCUT2D eigenvalue weighted by atomic mass is 19.3. The van der Waals surface area contributed by atoms with Crippen LogP contribution in [0.1, 0.15) is 13.3 Å². The molecule has 1 N–H and O–H groups in total. The van der Waals surface area contributed by atoms with Crippen molar-refractivity contribution in [2.45, 2.75) is 19.5 Å². The fourth-order valence-electron chi connectivity index (χ4n) is 0.422. The van der Waals surface area contributed by atoms with Crippen LogP contribution >= 0.6 is 0 Å². The number of hydrogen-bond donors (Lipinski definition) is 1. The highest BCUT2D eigenvalue weighted by molar-refractivity contribution is 5.69. The highest BCUT2D eigenvalue weighted by Gasteiger charge is 2.35. The van der Waals surface area contributed by atoms with Gasteiger partial charge in [0.25, 0.3) is 0 Å². The lowest BCUT2D eigenvalue weighted by atomic mass is 10.4. The fourth-order valence-corrected chi connectivity index (χ4v) is 0.422. The van der Waals surface area contributed by atoms with Gasteiger partial charge in [-0.15, -0.1) is 0 Å². The second kappa shape index (κ2) is 3.27. The number of hydrogen-bond acceptors (Lipinski definition) is 3. The van der Waals surface area contributed by atoms with E-state index in [1.807, 2.05) is 0 Å². The first-order valence-corrected chi connectivity index (χ1v) is 2.63. The van der Waals surface area contributed by atoms with Gasteiger partial charge >= 0.3 is 18.0 Å². The minimum atomic E-state index is -3.91. The molecular weight excluding hydrogens is 162 g/mol. The average molecular weight is 168 g/mol. The van der Waals surface area contributed by atoms with Crippen molar-refractivity contribution in [1.29, 1.82) is 0 Å². The summed E-state index contributed by atoms with van der Waals surface area (Å²) in [6.45, 7) is 0.774. The Balaban J connectivity index is 3.99. The maximum absolute atomic E-state index is 12.1. The van der Waals surface area contributed by atoms with Gasteiger partial charge in [-0.3, -0.25) is 9.59 Å². The normalized spacial score (nSPS) is 10.8. The topological polar surface area (TPSA) is 63.6 Å². The van der Waals surface area contributed by atoms with Gasteiger partial charge in [0, 0.05) is 6.92 Å². The van der Waals surface area contributed by atoms with E-state index in [4.69, 9.17) is 5.11 Å². The predicted octanol–water partition coefficient (Wildman–Crippen LogP) is 0.617. The van der Waals surface area contributed by atoms with Gasteiger partial charge in [0.05, 0.1) is 0 Å². The third kappa shape index (κ3) is 5.25. The number of halogens is 2. The molecule has 0 saturated heterocycles. The van der Waals surface area contributed by atoms with Gasteiger partial charge in [-0.2, -0.15) is 8.78 Å². The van der Waals surface area contributed by atoms with Crippen molar-refractivity contribution in [3.63, 3.8) is 0 Å². The van der Waals surface area contributed by atoms with E-state index in [1.54, 1.807) is 0 Å². The van der Waals surface area contributed by atoms with Crippen LogP contribution in [-0.4, -0.2) is 23.2 Å². The van der Waals surface area contributed by atoms with Crippen LogP contribution in [0.5, 0.6) is 0 Å². The molecule has 0 radical (unpaired) electrons. The van der Waals surface area contributed by atoms with Crippen LogP contribution in [0.15, 0.2) is 0 Å². The largest absolute Gasteiger partial charge is 0.481 e. The number of ether oxygens (including phenoxy) is 1. The van der Waals surface area contributed by atoms with E-state index in [9.17, 15) is 18.4 Å². The van der Waals surface area contributed by atoms with E-state index in [-0.39, 0.29) is 0 Å². The van der Waals surface area contributed by atoms with Crippen LogP contribution in [0.2, 0.25) is 0 Å². The molecule has 0 aromatic carbocycles. The van der Waals surface area contributed by atoms with Crippen molar-refractivity contribution in [3.8, 4) is 0 Å². The molecule has 6 heteroatoms. The average Bonchev–Trinajstić information content (AvgIpc) is 1.53. The summed E-state index contributed by atoms with van der Waals surface area (Å²) in [6, 6.07) is 0. The number of carboxylic acid groups (broad SMARTS) is 1. The summed E-state index contributed by atoms with van der Waals surface area (Å²) in [6.07, 6.45) is -5.41. The number of carboxylic acids is 1. The molecule has 64 valence electrons. The van der Waals surface area contributed by atoms with Crippen LogP contribution in [0, 0.1) is 0 Å². The third-order valence-electron chi connectivity index (χ3n) is 0.650. The first kappa shape index (κ1) is 9.80. The van der Waals surface area contributed by atoms with E-state index in [0.29, 0.717) is 0 Å². The van der Waals surface area contributed by atoms with E-state index < -0.39 is 24.5 Å². The molecule has 0 spiro atoms. The molecule has 0 aliphatic rings. The van der Waals surface area contributed by atoms with Crippen LogP contribution in [0.3, 0.4) is 0 Å². The van der Waals surface area contributed by atoms with Gasteiger partial charge in [0.2, 0.25) is 0 Å². The van der Waals surface area contributed by atoms with Gasteiger partial charge in [0.1, 0.15) is 6.42 Å². The molecule has 4 nitrogen and oxygen atoms in total. The fraction of sp³-hybridized carbons (Fsp3) is 0.600. The number of esters is 1. The lowest BCUT2D eigenvalue weighted by molar-refractivity contribution is -0.234. The number of alkyl halides is 2. The molecule has 0 heterocycles. The summed E-state index contributed by atoms with van der Waals surface area (Å²) in [5.41, 5.74) is 0. The molecule has 11 heavy (non-hydrogen) atoms. The van der Waals surface area contributed by atoms with E-state index in [1.165, 1.54) is 0 Å². The Kier molecular flexibility index (Phi) is 2.91. The molecule has 0 rings (SSSR count). The number of aliphatic carboxylic acids is 1. The summed E-state index contributed by atoms with van der Waals surface area (Å²) >= 11 is 0. The van der Waals surface area contributed by atoms with Crippen molar-refractivity contribution >= 4 is 11.9 Å². The van der Waals surface area contributed by atoms with Gasteiger partial charge in [-0.1, -0.05) is 0 Å². The predicted molar refractivity (Wildman–Crippen MR) is 29.0 cm³/mol. The minimum absolute atomic E-state index is 0.774. The summed E-state index contributed by atoms with van der Waals surface area (Å²) in [5.74, 6) is -2.94. The highest BCUT2D eigenvalue weighted by Crippen LogP contribution is 2.19. The van der Waals surface area contributed by atoms with Crippen LogP contribution in [0.25, 0.3) is 0 Å². The zero-order valence-electron chi connectivity index (χ0n) is 5.63. The second-order valence-electron chi connectivity index (χ2n) is 1.80. The van der Waals surface area contributed by atoms with Gasteiger partial charge in [-0.05, 0) is 0 Å².